The van der Waals surface area contributed by atoms with Crippen molar-refractivity contribution >= 4 is 28.7 Å². The lowest BCUT2D eigenvalue weighted by atomic mass is 10.1. The van der Waals surface area contributed by atoms with Crippen molar-refractivity contribution in [1.82, 2.24) is 16.0 Å². The van der Waals surface area contributed by atoms with Crippen molar-refractivity contribution in [2.75, 3.05) is 0 Å². The van der Waals surface area contributed by atoms with Crippen molar-refractivity contribution in [3.63, 3.8) is 0 Å². The third-order valence-corrected chi connectivity index (χ3v) is 4.41. The molecule has 7 heteroatoms. The third kappa shape index (κ3) is 3.27. The van der Waals surface area contributed by atoms with Gasteiger partial charge in [-0.1, -0.05) is 36.9 Å². The Kier molecular flexibility index (Phi) is 4.33. The van der Waals surface area contributed by atoms with Gasteiger partial charge in [-0.05, 0) is 31.2 Å². The number of hydrogen-bond donors (Lipinski definition) is 3. The molecule has 0 spiro atoms. The van der Waals surface area contributed by atoms with Crippen LogP contribution >= 0.6 is 0 Å². The molecular formula is C20H18N4O3. The maximum Gasteiger partial charge on any atom is 0.293 e. The molecule has 2 amide bonds. The highest BCUT2D eigenvalue weighted by Gasteiger charge is 2.29. The van der Waals surface area contributed by atoms with E-state index in [1.807, 2.05) is 24.3 Å². The van der Waals surface area contributed by atoms with E-state index in [1.54, 1.807) is 18.2 Å². The fourth-order valence-corrected chi connectivity index (χ4v) is 3.16. The van der Waals surface area contributed by atoms with Crippen molar-refractivity contribution in [3.05, 3.63) is 72.3 Å². The van der Waals surface area contributed by atoms with E-state index in [4.69, 9.17) is 4.42 Å². The van der Waals surface area contributed by atoms with Gasteiger partial charge >= 0.3 is 0 Å². The number of rotatable bonds is 3. The lowest BCUT2D eigenvalue weighted by Crippen LogP contribution is -2.38. The van der Waals surface area contributed by atoms with Gasteiger partial charge in [-0.3, -0.25) is 14.9 Å². The summed E-state index contributed by atoms with van der Waals surface area (Å²) in [5, 5.41) is 9.21. The van der Waals surface area contributed by atoms with Crippen LogP contribution in [0, 0.1) is 0 Å². The summed E-state index contributed by atoms with van der Waals surface area (Å²) >= 11 is 0. The van der Waals surface area contributed by atoms with E-state index < -0.39 is 5.91 Å². The Labute approximate surface area is 155 Å². The van der Waals surface area contributed by atoms with Gasteiger partial charge in [0.1, 0.15) is 5.58 Å². The maximum atomic E-state index is 12.5. The van der Waals surface area contributed by atoms with Gasteiger partial charge in [0.15, 0.2) is 5.76 Å². The average Bonchev–Trinajstić information content (AvgIpc) is 3.21. The molecule has 2 heterocycles. The Bertz CT molecular complexity index is 996. The second kappa shape index (κ2) is 6.95. The van der Waals surface area contributed by atoms with E-state index in [-0.39, 0.29) is 17.7 Å². The SMILES string of the molecule is C=CNC(=O)C1=C2NC(NC(=O)c3cc4ccccc4o3)=NC2CCC=C1. The molecule has 1 aromatic heterocycles. The van der Waals surface area contributed by atoms with Crippen molar-refractivity contribution in [3.8, 4) is 0 Å². The first-order chi connectivity index (χ1) is 13.2. The minimum Gasteiger partial charge on any atom is -0.451 e. The summed E-state index contributed by atoms with van der Waals surface area (Å²) in [6, 6.07) is 8.88. The highest BCUT2D eigenvalue weighted by Crippen LogP contribution is 2.24. The van der Waals surface area contributed by atoms with Crippen LogP contribution in [-0.2, 0) is 4.79 Å². The predicted molar refractivity (Wildman–Crippen MR) is 102 cm³/mol. The Balaban J connectivity index is 1.55. The van der Waals surface area contributed by atoms with Crippen molar-refractivity contribution < 1.29 is 14.0 Å². The molecule has 1 aliphatic heterocycles. The first-order valence-electron chi connectivity index (χ1n) is 8.63. The highest BCUT2D eigenvalue weighted by molar-refractivity contribution is 6.08. The average molecular weight is 362 g/mol. The summed E-state index contributed by atoms with van der Waals surface area (Å²) in [6.07, 6.45) is 6.57. The van der Waals surface area contributed by atoms with Crippen LogP contribution in [0.3, 0.4) is 0 Å². The second-order valence-electron chi connectivity index (χ2n) is 6.21. The molecule has 2 aromatic rings. The van der Waals surface area contributed by atoms with Crippen LogP contribution in [0.15, 0.2) is 75.9 Å². The minimum absolute atomic E-state index is 0.200. The highest BCUT2D eigenvalue weighted by atomic mass is 16.3. The Morgan fingerprint density at radius 3 is 2.96 bits per heavy atom. The van der Waals surface area contributed by atoms with E-state index in [0.29, 0.717) is 22.8 Å². The fourth-order valence-electron chi connectivity index (χ4n) is 3.16. The molecule has 3 N–H and O–H groups in total. The van der Waals surface area contributed by atoms with Crippen LogP contribution in [0.4, 0.5) is 0 Å². The molecule has 0 radical (unpaired) electrons. The van der Waals surface area contributed by atoms with E-state index in [1.165, 1.54) is 6.20 Å². The Hall–Kier alpha value is -3.61. The summed E-state index contributed by atoms with van der Waals surface area (Å²) in [5.74, 6) is -0.163. The van der Waals surface area contributed by atoms with Crippen molar-refractivity contribution in [2.24, 2.45) is 4.99 Å². The van der Waals surface area contributed by atoms with Gasteiger partial charge in [-0.2, -0.15) is 0 Å². The molecule has 1 aliphatic carbocycles. The van der Waals surface area contributed by atoms with Gasteiger partial charge in [-0.15, -0.1) is 0 Å². The van der Waals surface area contributed by atoms with Gasteiger partial charge in [-0.25, -0.2) is 4.99 Å². The van der Waals surface area contributed by atoms with Gasteiger partial charge in [0.05, 0.1) is 17.3 Å². The molecule has 1 unspecified atom stereocenters. The van der Waals surface area contributed by atoms with Gasteiger partial charge in [0.2, 0.25) is 5.96 Å². The number of benzene rings is 1. The minimum atomic E-state index is -0.401. The number of aliphatic imine (C=N–C) groups is 1. The monoisotopic (exact) mass is 362 g/mol. The van der Waals surface area contributed by atoms with Gasteiger partial charge < -0.3 is 15.1 Å². The summed E-state index contributed by atoms with van der Waals surface area (Å²) < 4.78 is 5.58. The topological polar surface area (TPSA) is 95.7 Å². The maximum absolute atomic E-state index is 12.5. The zero-order chi connectivity index (χ0) is 18.8. The molecule has 136 valence electrons. The summed E-state index contributed by atoms with van der Waals surface area (Å²) in [4.78, 5) is 29.3. The van der Waals surface area contributed by atoms with Crippen LogP contribution < -0.4 is 16.0 Å². The zero-order valence-electron chi connectivity index (χ0n) is 14.5. The third-order valence-electron chi connectivity index (χ3n) is 4.41. The van der Waals surface area contributed by atoms with Crippen LogP contribution in [0.1, 0.15) is 23.4 Å². The Morgan fingerprint density at radius 2 is 2.15 bits per heavy atom. The number of allylic oxidation sites excluding steroid dienone is 1. The largest absolute Gasteiger partial charge is 0.451 e. The van der Waals surface area contributed by atoms with Crippen molar-refractivity contribution in [2.45, 2.75) is 18.9 Å². The standard InChI is InChI=1S/C20H18N4O3/c1-2-21-18(25)13-8-4-5-9-14-17(13)23-20(22-14)24-19(26)16-11-12-7-3-6-10-15(12)27-16/h2-4,6-8,10-11,14H,1,5,9H2,(H,21,25)(H2,22,23,24,26). The first kappa shape index (κ1) is 16.8. The molecule has 7 nitrogen and oxygen atoms in total. The second-order valence-corrected chi connectivity index (χ2v) is 6.21. The van der Waals surface area contributed by atoms with Crippen LogP contribution in [-0.4, -0.2) is 23.8 Å². The van der Waals surface area contributed by atoms with E-state index >= 15 is 0 Å². The van der Waals surface area contributed by atoms with Crippen molar-refractivity contribution in [1.29, 1.82) is 0 Å². The van der Waals surface area contributed by atoms with Crippen LogP contribution in [0.5, 0.6) is 0 Å². The van der Waals surface area contributed by atoms with Crippen LogP contribution in [0.25, 0.3) is 11.0 Å². The Morgan fingerprint density at radius 1 is 1.30 bits per heavy atom. The van der Waals surface area contributed by atoms with Gasteiger partial charge in [0, 0.05) is 5.39 Å². The molecule has 0 fully saturated rings. The van der Waals surface area contributed by atoms with E-state index in [9.17, 15) is 9.59 Å². The smallest absolute Gasteiger partial charge is 0.293 e. The molecule has 1 aromatic carbocycles. The number of carbonyl (C=O) groups excluding carboxylic acids is 2. The number of guanidine groups is 1. The number of carbonyl (C=O) groups is 2. The molecule has 2 aliphatic rings. The molecule has 0 saturated carbocycles. The lowest BCUT2D eigenvalue weighted by Gasteiger charge is -2.11. The first-order valence-corrected chi connectivity index (χ1v) is 8.63. The quantitative estimate of drug-likeness (QED) is 0.781. The molecular weight excluding hydrogens is 344 g/mol. The summed E-state index contributed by atoms with van der Waals surface area (Å²) in [5.41, 5.74) is 1.79. The molecule has 0 saturated heterocycles. The number of hydrogen-bond acceptors (Lipinski definition) is 5. The molecule has 27 heavy (non-hydrogen) atoms. The molecule has 1 atom stereocenters. The number of nitrogens with one attached hydrogen (secondary N) is 3. The van der Waals surface area contributed by atoms with Crippen LogP contribution in [0.2, 0.25) is 0 Å². The molecule has 4 rings (SSSR count). The van der Waals surface area contributed by atoms with Gasteiger partial charge in [0.25, 0.3) is 11.8 Å². The number of furan rings is 1. The molecule has 0 bridgehead atoms. The van der Waals surface area contributed by atoms with E-state index in [0.717, 1.165) is 18.2 Å². The summed E-state index contributed by atoms with van der Waals surface area (Å²) in [6.45, 7) is 3.52. The van der Waals surface area contributed by atoms with E-state index in [2.05, 4.69) is 27.5 Å². The lowest BCUT2D eigenvalue weighted by molar-refractivity contribution is -0.116. The normalized spacial score (nSPS) is 18.4. The number of para-hydroxylation sites is 1. The zero-order valence-corrected chi connectivity index (χ0v) is 14.5. The number of fused-ring (bicyclic) bond motifs is 2. The number of nitrogens with zero attached hydrogens (tertiary/aromatic N) is 1. The number of amides is 2. The fraction of sp³-hybridized carbons (Fsp3) is 0.150. The predicted octanol–water partition coefficient (Wildman–Crippen LogP) is 2.35. The summed E-state index contributed by atoms with van der Waals surface area (Å²) in [7, 11) is 0.